The van der Waals surface area contributed by atoms with E-state index >= 15 is 0 Å². The fourth-order valence-electron chi connectivity index (χ4n) is 2.94. The van der Waals surface area contributed by atoms with Crippen LogP contribution in [0.3, 0.4) is 0 Å². The maximum Gasteiger partial charge on any atom is 0.273 e. The van der Waals surface area contributed by atoms with E-state index in [2.05, 4.69) is 19.2 Å². The van der Waals surface area contributed by atoms with Crippen LogP contribution >= 0.6 is 0 Å². The van der Waals surface area contributed by atoms with Gasteiger partial charge in [-0.25, -0.2) is 0 Å². The number of phenols is 1. The molecule has 2 N–H and O–H groups in total. The van der Waals surface area contributed by atoms with Crippen molar-refractivity contribution in [3.8, 4) is 5.75 Å². The number of hydrogen-bond acceptors (Lipinski definition) is 4. The first kappa shape index (κ1) is 15.3. The minimum absolute atomic E-state index is 0.0707. The molecule has 1 fully saturated rings. The Bertz CT molecular complexity index is 569. The maximum absolute atomic E-state index is 12.4. The van der Waals surface area contributed by atoms with Crippen molar-refractivity contribution in [1.82, 2.24) is 0 Å². The Morgan fingerprint density at radius 1 is 1.43 bits per heavy atom. The molecule has 0 spiro atoms. The molecule has 2 rings (SSSR count). The zero-order valence-electron chi connectivity index (χ0n) is 12.3. The Morgan fingerprint density at radius 2 is 2.14 bits per heavy atom. The molecule has 1 aliphatic carbocycles. The molecule has 1 saturated carbocycles. The molecule has 1 amide bonds. The van der Waals surface area contributed by atoms with Gasteiger partial charge in [0.25, 0.3) is 5.69 Å². The van der Waals surface area contributed by atoms with Crippen molar-refractivity contribution in [3.05, 3.63) is 28.3 Å². The van der Waals surface area contributed by atoms with Crippen molar-refractivity contribution >= 4 is 17.3 Å². The highest BCUT2D eigenvalue weighted by molar-refractivity contribution is 5.94. The first-order chi connectivity index (χ1) is 9.81. The molecule has 1 aromatic rings. The van der Waals surface area contributed by atoms with Gasteiger partial charge in [0.1, 0.15) is 5.75 Å². The summed E-state index contributed by atoms with van der Waals surface area (Å²) in [4.78, 5) is 22.4. The van der Waals surface area contributed by atoms with Gasteiger partial charge < -0.3 is 10.4 Å². The molecule has 21 heavy (non-hydrogen) atoms. The molecule has 6 heteroatoms. The smallest absolute Gasteiger partial charge is 0.273 e. The molecule has 0 saturated heterocycles. The van der Waals surface area contributed by atoms with E-state index in [1.807, 2.05) is 0 Å². The number of aromatic hydroxyl groups is 1. The monoisotopic (exact) mass is 292 g/mol. The summed E-state index contributed by atoms with van der Waals surface area (Å²) in [6.45, 7) is 4.15. The highest BCUT2D eigenvalue weighted by atomic mass is 16.6. The molecular weight excluding hydrogens is 272 g/mol. The van der Waals surface area contributed by atoms with Crippen LogP contribution in [0.25, 0.3) is 0 Å². The van der Waals surface area contributed by atoms with E-state index in [1.165, 1.54) is 12.1 Å². The average molecular weight is 292 g/mol. The summed E-state index contributed by atoms with van der Waals surface area (Å²) in [6, 6.07) is 3.67. The minimum Gasteiger partial charge on any atom is -0.506 e. The van der Waals surface area contributed by atoms with Crippen molar-refractivity contribution in [2.24, 2.45) is 11.3 Å². The third-order valence-electron chi connectivity index (χ3n) is 4.27. The standard InChI is InChI=1S/C15H20N2O4/c1-15(2)8-4-3-5-11(15)14(19)16-12-7-6-10(17(20)21)9-13(12)18/h6-7,9,11,18H,3-5,8H2,1-2H3,(H,16,19). The molecule has 0 radical (unpaired) electrons. The molecule has 0 aromatic heterocycles. The van der Waals surface area contributed by atoms with Crippen LogP contribution in [0.4, 0.5) is 11.4 Å². The van der Waals surface area contributed by atoms with Crippen molar-refractivity contribution < 1.29 is 14.8 Å². The van der Waals surface area contributed by atoms with Gasteiger partial charge in [-0.3, -0.25) is 14.9 Å². The predicted molar refractivity (Wildman–Crippen MR) is 79.1 cm³/mol. The van der Waals surface area contributed by atoms with Crippen LogP contribution in [0.1, 0.15) is 39.5 Å². The van der Waals surface area contributed by atoms with Gasteiger partial charge in [0.05, 0.1) is 16.7 Å². The van der Waals surface area contributed by atoms with E-state index in [0.717, 1.165) is 31.7 Å². The van der Waals surface area contributed by atoms with Gasteiger partial charge >= 0.3 is 0 Å². The van der Waals surface area contributed by atoms with Crippen molar-refractivity contribution in [2.75, 3.05) is 5.32 Å². The number of carbonyl (C=O) groups excluding carboxylic acids is 1. The lowest BCUT2D eigenvalue weighted by molar-refractivity contribution is -0.384. The second-order valence-electron chi connectivity index (χ2n) is 6.23. The van der Waals surface area contributed by atoms with Crippen molar-refractivity contribution in [2.45, 2.75) is 39.5 Å². The Balaban J connectivity index is 2.14. The normalized spacial score (nSPS) is 20.8. The van der Waals surface area contributed by atoms with Crippen LogP contribution in [0.5, 0.6) is 5.75 Å². The van der Waals surface area contributed by atoms with Gasteiger partial charge in [-0.2, -0.15) is 0 Å². The van der Waals surface area contributed by atoms with E-state index in [1.54, 1.807) is 0 Å². The van der Waals surface area contributed by atoms with Gasteiger partial charge in [-0.1, -0.05) is 26.7 Å². The second-order valence-corrected chi connectivity index (χ2v) is 6.23. The highest BCUT2D eigenvalue weighted by Gasteiger charge is 2.37. The number of non-ortho nitro benzene ring substituents is 1. The lowest BCUT2D eigenvalue weighted by atomic mass is 9.68. The van der Waals surface area contributed by atoms with Crippen LogP contribution < -0.4 is 5.32 Å². The topological polar surface area (TPSA) is 92.5 Å². The summed E-state index contributed by atoms with van der Waals surface area (Å²) >= 11 is 0. The van der Waals surface area contributed by atoms with Crippen LogP contribution in [-0.4, -0.2) is 15.9 Å². The van der Waals surface area contributed by atoms with Gasteiger partial charge in [0.15, 0.2) is 0 Å². The summed E-state index contributed by atoms with van der Waals surface area (Å²) in [6.07, 6.45) is 3.97. The number of anilines is 1. The summed E-state index contributed by atoms with van der Waals surface area (Å²) in [5.74, 6) is -0.532. The molecule has 1 aliphatic rings. The number of benzene rings is 1. The first-order valence-corrected chi connectivity index (χ1v) is 7.09. The Labute approximate surface area is 123 Å². The number of nitro groups is 1. The van der Waals surface area contributed by atoms with Crippen molar-refractivity contribution in [3.63, 3.8) is 0 Å². The van der Waals surface area contributed by atoms with E-state index < -0.39 is 4.92 Å². The number of phenolic OH excluding ortho intramolecular Hbond substituents is 1. The summed E-state index contributed by atoms with van der Waals surface area (Å²) < 4.78 is 0. The molecule has 0 bridgehead atoms. The SMILES string of the molecule is CC1(C)CCCCC1C(=O)Nc1ccc([N+](=O)[O-])cc1O. The number of nitrogens with one attached hydrogen (secondary N) is 1. The third-order valence-corrected chi connectivity index (χ3v) is 4.27. The summed E-state index contributed by atoms with van der Waals surface area (Å²) in [5.41, 5.74) is -0.0610. The highest BCUT2D eigenvalue weighted by Crippen LogP contribution is 2.41. The number of rotatable bonds is 3. The second kappa shape index (κ2) is 5.71. The van der Waals surface area contributed by atoms with Gasteiger partial charge in [0, 0.05) is 12.0 Å². The fourth-order valence-corrected chi connectivity index (χ4v) is 2.94. The largest absolute Gasteiger partial charge is 0.506 e. The average Bonchev–Trinajstić information content (AvgIpc) is 2.40. The van der Waals surface area contributed by atoms with E-state index in [9.17, 15) is 20.0 Å². The predicted octanol–water partition coefficient (Wildman–Crippen LogP) is 3.46. The molecule has 114 valence electrons. The molecule has 0 heterocycles. The summed E-state index contributed by atoms with van der Waals surface area (Å²) in [5, 5.41) is 23.1. The van der Waals surface area contributed by atoms with Crippen molar-refractivity contribution in [1.29, 1.82) is 0 Å². The van der Waals surface area contributed by atoms with Crippen LogP contribution in [0, 0.1) is 21.4 Å². The third kappa shape index (κ3) is 3.32. The zero-order chi connectivity index (χ0) is 15.6. The number of hydrogen-bond donors (Lipinski definition) is 2. The quantitative estimate of drug-likeness (QED) is 0.507. The van der Waals surface area contributed by atoms with E-state index in [4.69, 9.17) is 0 Å². The summed E-state index contributed by atoms with van der Waals surface area (Å²) in [7, 11) is 0. The number of carbonyl (C=O) groups is 1. The van der Waals surface area contributed by atoms with Crippen LogP contribution in [0.2, 0.25) is 0 Å². The van der Waals surface area contributed by atoms with Gasteiger partial charge in [0.2, 0.25) is 5.91 Å². The molecular formula is C15H20N2O4. The molecule has 6 nitrogen and oxygen atoms in total. The lowest BCUT2D eigenvalue weighted by Gasteiger charge is -2.37. The zero-order valence-corrected chi connectivity index (χ0v) is 12.3. The van der Waals surface area contributed by atoms with E-state index in [0.29, 0.717) is 0 Å². The maximum atomic E-state index is 12.4. The molecule has 1 aromatic carbocycles. The van der Waals surface area contributed by atoms with Crippen LogP contribution in [0.15, 0.2) is 18.2 Å². The van der Waals surface area contributed by atoms with Gasteiger partial charge in [-0.05, 0) is 24.3 Å². The number of amides is 1. The van der Waals surface area contributed by atoms with E-state index in [-0.39, 0.29) is 34.4 Å². The first-order valence-electron chi connectivity index (χ1n) is 7.09. The number of nitro benzene ring substituents is 1. The number of nitrogens with zero attached hydrogens (tertiary/aromatic N) is 1. The Hall–Kier alpha value is -2.11. The fraction of sp³-hybridized carbons (Fsp3) is 0.533. The molecule has 0 aliphatic heterocycles. The molecule has 1 atom stereocenters. The van der Waals surface area contributed by atoms with Crippen LogP contribution in [-0.2, 0) is 4.79 Å². The minimum atomic E-state index is -0.588. The van der Waals surface area contributed by atoms with Gasteiger partial charge in [-0.15, -0.1) is 0 Å². The Kier molecular flexibility index (Phi) is 4.16. The Morgan fingerprint density at radius 3 is 2.71 bits per heavy atom. The molecule has 1 unspecified atom stereocenters. The lowest BCUT2D eigenvalue weighted by Crippen LogP contribution is -2.37.